The van der Waals surface area contributed by atoms with Gasteiger partial charge in [-0.3, -0.25) is 4.90 Å². The zero-order valence-electron chi connectivity index (χ0n) is 14.6. The lowest BCUT2D eigenvalue weighted by Gasteiger charge is -2.30. The van der Waals surface area contributed by atoms with Crippen LogP contribution in [-0.2, 0) is 6.54 Å². The van der Waals surface area contributed by atoms with Crippen LogP contribution in [-0.4, -0.2) is 47.7 Å². The van der Waals surface area contributed by atoms with E-state index >= 15 is 0 Å². The Morgan fingerprint density at radius 3 is 2.55 bits per heavy atom. The molecule has 0 bridgehead atoms. The van der Waals surface area contributed by atoms with Gasteiger partial charge in [-0.15, -0.1) is 0 Å². The third-order valence-electron chi connectivity index (χ3n) is 3.45. The largest absolute Gasteiger partial charge is 0.364 e. The molecular formula is C16H31N5O. The summed E-state index contributed by atoms with van der Waals surface area (Å²) in [5.74, 6) is 0.825. The van der Waals surface area contributed by atoms with Crippen LogP contribution in [0, 0.1) is 0 Å². The lowest BCUT2D eigenvalue weighted by Crippen LogP contribution is -2.41. The highest BCUT2D eigenvalue weighted by molar-refractivity contribution is 5.79. The maximum atomic E-state index is 4.81. The second-order valence-corrected chi connectivity index (χ2v) is 5.89. The lowest BCUT2D eigenvalue weighted by molar-refractivity contribution is 0.173. The van der Waals surface area contributed by atoms with Gasteiger partial charge in [-0.25, -0.2) is 4.99 Å². The smallest absolute Gasteiger partial charge is 0.191 e. The van der Waals surface area contributed by atoms with Crippen LogP contribution >= 0.6 is 0 Å². The maximum absolute atomic E-state index is 4.81. The predicted octanol–water partition coefficient (Wildman–Crippen LogP) is 2.24. The average molecular weight is 309 g/mol. The summed E-state index contributed by atoms with van der Waals surface area (Å²) in [6.07, 6.45) is 2.66. The molecule has 1 rings (SSSR count). The van der Waals surface area contributed by atoms with Crippen molar-refractivity contribution < 1.29 is 4.52 Å². The first-order chi connectivity index (χ1) is 10.5. The third kappa shape index (κ3) is 6.93. The Kier molecular flexibility index (Phi) is 8.58. The van der Waals surface area contributed by atoms with Crippen LogP contribution in [0.4, 0.5) is 0 Å². The number of guanidine groups is 1. The average Bonchev–Trinajstić information content (AvgIpc) is 2.96. The maximum Gasteiger partial charge on any atom is 0.191 e. The second kappa shape index (κ2) is 10.2. The fraction of sp³-hybridized carbons (Fsp3) is 0.750. The van der Waals surface area contributed by atoms with E-state index in [2.05, 4.69) is 60.3 Å². The van der Waals surface area contributed by atoms with E-state index < -0.39 is 0 Å². The quantitative estimate of drug-likeness (QED) is 0.416. The van der Waals surface area contributed by atoms with E-state index in [1.807, 2.05) is 6.07 Å². The number of aromatic nitrogens is 1. The van der Waals surface area contributed by atoms with Crippen LogP contribution in [0.15, 0.2) is 21.8 Å². The molecule has 0 saturated heterocycles. The zero-order valence-corrected chi connectivity index (χ0v) is 14.6. The topological polar surface area (TPSA) is 65.7 Å². The molecule has 0 spiro atoms. The van der Waals surface area contributed by atoms with Crippen molar-refractivity contribution in [3.8, 4) is 0 Å². The Hall–Kier alpha value is -1.56. The molecule has 1 aromatic heterocycles. The van der Waals surface area contributed by atoms with Crippen LogP contribution in [0.25, 0.3) is 0 Å². The van der Waals surface area contributed by atoms with Crippen molar-refractivity contribution in [1.82, 2.24) is 20.7 Å². The van der Waals surface area contributed by atoms with Crippen LogP contribution in [0.1, 0.15) is 46.7 Å². The molecule has 22 heavy (non-hydrogen) atoms. The van der Waals surface area contributed by atoms with Gasteiger partial charge in [0, 0.05) is 37.8 Å². The van der Waals surface area contributed by atoms with Gasteiger partial charge in [-0.1, -0.05) is 5.16 Å². The first kappa shape index (κ1) is 18.5. The monoisotopic (exact) mass is 309 g/mol. The van der Waals surface area contributed by atoms with E-state index in [4.69, 9.17) is 4.52 Å². The minimum atomic E-state index is 0.524. The van der Waals surface area contributed by atoms with Crippen LogP contribution < -0.4 is 10.6 Å². The van der Waals surface area contributed by atoms with E-state index in [0.717, 1.165) is 37.7 Å². The molecule has 0 aliphatic carbocycles. The van der Waals surface area contributed by atoms with Crippen molar-refractivity contribution in [3.63, 3.8) is 0 Å². The number of aliphatic imine (C=N–C) groups is 1. The minimum absolute atomic E-state index is 0.524. The molecule has 2 N–H and O–H groups in total. The van der Waals surface area contributed by atoms with Crippen LogP contribution in [0.5, 0.6) is 0 Å². The van der Waals surface area contributed by atoms with Crippen LogP contribution in [0.3, 0.4) is 0 Å². The molecule has 6 heteroatoms. The highest BCUT2D eigenvalue weighted by Crippen LogP contribution is 2.05. The number of rotatable bonds is 9. The number of hydrogen-bond acceptors (Lipinski definition) is 4. The van der Waals surface area contributed by atoms with Gasteiger partial charge in [0.25, 0.3) is 0 Å². The van der Waals surface area contributed by atoms with E-state index in [1.165, 1.54) is 0 Å². The summed E-state index contributed by atoms with van der Waals surface area (Å²) in [4.78, 5) is 7.00. The molecule has 0 fully saturated rings. The number of hydrogen-bond donors (Lipinski definition) is 2. The first-order valence-corrected chi connectivity index (χ1v) is 8.21. The van der Waals surface area contributed by atoms with Crippen molar-refractivity contribution in [1.29, 1.82) is 0 Å². The molecule has 0 radical (unpaired) electrons. The summed E-state index contributed by atoms with van der Waals surface area (Å²) in [5.41, 5.74) is 0.836. The Balaban J connectivity index is 2.36. The molecule has 126 valence electrons. The van der Waals surface area contributed by atoms with Crippen molar-refractivity contribution >= 4 is 5.96 Å². The van der Waals surface area contributed by atoms with Gasteiger partial charge in [0.1, 0.15) is 12.0 Å². The minimum Gasteiger partial charge on any atom is -0.364 e. The zero-order chi connectivity index (χ0) is 16.4. The summed E-state index contributed by atoms with van der Waals surface area (Å²) in [6.45, 7) is 14.4. The Bertz CT molecular complexity index is 406. The molecule has 1 aromatic rings. The van der Waals surface area contributed by atoms with E-state index in [1.54, 1.807) is 6.26 Å². The van der Waals surface area contributed by atoms with Crippen molar-refractivity contribution in [2.24, 2.45) is 4.99 Å². The van der Waals surface area contributed by atoms with Crippen LogP contribution in [0.2, 0.25) is 0 Å². The van der Waals surface area contributed by atoms with E-state index in [9.17, 15) is 0 Å². The predicted molar refractivity (Wildman–Crippen MR) is 90.9 cm³/mol. The van der Waals surface area contributed by atoms with Gasteiger partial charge in [-0.2, -0.15) is 0 Å². The highest BCUT2D eigenvalue weighted by Gasteiger charge is 2.12. The molecule has 0 aromatic carbocycles. The Morgan fingerprint density at radius 2 is 2.00 bits per heavy atom. The normalized spacial score (nSPS) is 12.5. The van der Waals surface area contributed by atoms with Gasteiger partial charge >= 0.3 is 0 Å². The lowest BCUT2D eigenvalue weighted by atomic mass is 10.2. The third-order valence-corrected chi connectivity index (χ3v) is 3.45. The summed E-state index contributed by atoms with van der Waals surface area (Å²) in [5, 5.41) is 10.5. The van der Waals surface area contributed by atoms with E-state index in [0.29, 0.717) is 18.6 Å². The first-order valence-electron chi connectivity index (χ1n) is 8.21. The molecule has 0 saturated carbocycles. The van der Waals surface area contributed by atoms with Crippen molar-refractivity contribution in [2.45, 2.75) is 59.7 Å². The molecular weight excluding hydrogens is 278 g/mol. The van der Waals surface area contributed by atoms with Gasteiger partial charge in [0.15, 0.2) is 5.96 Å². The van der Waals surface area contributed by atoms with Gasteiger partial charge in [0.2, 0.25) is 0 Å². The van der Waals surface area contributed by atoms with Gasteiger partial charge in [-0.05, 0) is 41.0 Å². The summed E-state index contributed by atoms with van der Waals surface area (Å²) < 4.78 is 4.81. The highest BCUT2D eigenvalue weighted by atomic mass is 16.5. The Morgan fingerprint density at radius 1 is 1.27 bits per heavy atom. The molecule has 6 nitrogen and oxygen atoms in total. The second-order valence-electron chi connectivity index (χ2n) is 5.89. The van der Waals surface area contributed by atoms with Crippen molar-refractivity contribution in [3.05, 3.63) is 18.0 Å². The molecule has 1 heterocycles. The van der Waals surface area contributed by atoms with Gasteiger partial charge < -0.3 is 15.2 Å². The SMILES string of the molecule is CCNC(=NCc1ccon1)NCCCN(C(C)C)C(C)C. The summed E-state index contributed by atoms with van der Waals surface area (Å²) in [7, 11) is 0. The fourth-order valence-electron chi connectivity index (χ4n) is 2.40. The number of nitrogens with one attached hydrogen (secondary N) is 2. The van der Waals surface area contributed by atoms with Gasteiger partial charge in [0.05, 0.1) is 6.54 Å². The van der Waals surface area contributed by atoms with Crippen molar-refractivity contribution in [2.75, 3.05) is 19.6 Å². The molecule has 0 aliphatic heterocycles. The Labute approximate surface area is 134 Å². The molecule has 0 atom stereocenters. The molecule has 0 aliphatic rings. The van der Waals surface area contributed by atoms with E-state index in [-0.39, 0.29) is 0 Å². The summed E-state index contributed by atoms with van der Waals surface area (Å²) >= 11 is 0. The number of nitrogens with zero attached hydrogens (tertiary/aromatic N) is 3. The summed E-state index contributed by atoms with van der Waals surface area (Å²) in [6, 6.07) is 2.99. The molecule has 0 unspecified atom stereocenters. The molecule has 0 amide bonds. The standard InChI is InChI=1S/C16H31N5O/c1-6-17-16(19-12-15-8-11-22-20-15)18-9-7-10-21(13(2)3)14(4)5/h8,11,13-14H,6-7,9-10,12H2,1-5H3,(H2,17,18,19). The fourth-order valence-corrected chi connectivity index (χ4v) is 2.40.